The van der Waals surface area contributed by atoms with Gasteiger partial charge in [0.25, 0.3) is 0 Å². The number of rotatable bonds is 8. The molecule has 0 radical (unpaired) electrons. The number of nitrogens with zero attached hydrogens (tertiary/aromatic N) is 1. The van der Waals surface area contributed by atoms with Crippen LogP contribution in [-0.4, -0.2) is 38.0 Å². The largest absolute Gasteiger partial charge is 0.477 e. The van der Waals surface area contributed by atoms with E-state index in [0.29, 0.717) is 32.7 Å². The van der Waals surface area contributed by atoms with Crippen LogP contribution in [0.15, 0.2) is 11.6 Å². The quantitative estimate of drug-likeness (QED) is 0.369. The molecule has 5 nitrogen and oxygen atoms in total. The Hall–Kier alpha value is -1.38. The van der Waals surface area contributed by atoms with Crippen LogP contribution in [0.25, 0.3) is 0 Å². The topological polar surface area (TPSA) is 79.5 Å². The van der Waals surface area contributed by atoms with Gasteiger partial charge < -0.3 is 14.6 Å². The Morgan fingerprint density at radius 3 is 2.73 bits per heavy atom. The number of methoxy groups -OCH3 is 1. The molecular weight excluding hydrogens is 198 g/mol. The molecule has 0 aromatic carbocycles. The van der Waals surface area contributed by atoms with E-state index in [9.17, 15) is 4.79 Å². The van der Waals surface area contributed by atoms with Crippen molar-refractivity contribution in [3.8, 4) is 6.07 Å². The van der Waals surface area contributed by atoms with Gasteiger partial charge in [-0.1, -0.05) is 6.08 Å². The molecule has 0 rings (SSSR count). The first-order chi connectivity index (χ1) is 7.22. The number of hydrogen-bond acceptors (Lipinski definition) is 4. The van der Waals surface area contributed by atoms with Crippen LogP contribution in [0, 0.1) is 11.3 Å². The molecule has 15 heavy (non-hydrogen) atoms. The first kappa shape index (κ1) is 13.6. The van der Waals surface area contributed by atoms with Gasteiger partial charge in [0.05, 0.1) is 13.2 Å². The third kappa shape index (κ3) is 7.67. The Morgan fingerprint density at radius 1 is 1.47 bits per heavy atom. The molecule has 0 aliphatic heterocycles. The second-order valence-corrected chi connectivity index (χ2v) is 2.78. The highest BCUT2D eigenvalue weighted by atomic mass is 16.5. The first-order valence-corrected chi connectivity index (χ1v) is 4.62. The molecule has 0 atom stereocenters. The molecule has 0 amide bonds. The summed E-state index contributed by atoms with van der Waals surface area (Å²) < 4.78 is 9.94. The Balaban J connectivity index is 3.52. The van der Waals surface area contributed by atoms with Crippen molar-refractivity contribution in [1.82, 2.24) is 0 Å². The van der Waals surface area contributed by atoms with Crippen molar-refractivity contribution in [1.29, 1.82) is 5.26 Å². The number of hydrogen-bond donors (Lipinski definition) is 1. The van der Waals surface area contributed by atoms with E-state index in [1.54, 1.807) is 13.2 Å². The predicted molar refractivity (Wildman–Crippen MR) is 53.3 cm³/mol. The number of carboxylic acid groups (broad SMARTS) is 1. The molecule has 0 aromatic rings. The van der Waals surface area contributed by atoms with Crippen LogP contribution in [0.2, 0.25) is 0 Å². The highest BCUT2D eigenvalue weighted by Gasteiger charge is 2.03. The van der Waals surface area contributed by atoms with Gasteiger partial charge in [0.2, 0.25) is 0 Å². The van der Waals surface area contributed by atoms with E-state index < -0.39 is 5.97 Å². The van der Waals surface area contributed by atoms with Gasteiger partial charge in [0, 0.05) is 13.7 Å². The number of carbonyl (C=O) groups is 1. The molecule has 0 unspecified atom stereocenters. The Morgan fingerprint density at radius 2 is 2.20 bits per heavy atom. The van der Waals surface area contributed by atoms with E-state index in [2.05, 4.69) is 0 Å². The van der Waals surface area contributed by atoms with Crippen molar-refractivity contribution in [2.24, 2.45) is 0 Å². The van der Waals surface area contributed by atoms with E-state index >= 15 is 0 Å². The van der Waals surface area contributed by atoms with Gasteiger partial charge >= 0.3 is 5.97 Å². The lowest BCUT2D eigenvalue weighted by molar-refractivity contribution is -0.132. The summed E-state index contributed by atoms with van der Waals surface area (Å²) in [5.41, 5.74) is -0.216. The van der Waals surface area contributed by atoms with Gasteiger partial charge in [-0.25, -0.2) is 4.79 Å². The van der Waals surface area contributed by atoms with Crippen molar-refractivity contribution in [3.63, 3.8) is 0 Å². The molecule has 0 aromatic heterocycles. The summed E-state index contributed by atoms with van der Waals surface area (Å²) in [5.74, 6) is -1.18. The summed E-state index contributed by atoms with van der Waals surface area (Å²) in [7, 11) is 1.60. The zero-order valence-corrected chi connectivity index (χ0v) is 8.73. The van der Waals surface area contributed by atoms with Gasteiger partial charge in [-0.05, 0) is 12.8 Å². The Bertz CT molecular complexity index is 255. The van der Waals surface area contributed by atoms with E-state index in [-0.39, 0.29) is 5.57 Å². The molecule has 1 N–H and O–H groups in total. The van der Waals surface area contributed by atoms with Crippen molar-refractivity contribution in [3.05, 3.63) is 11.6 Å². The van der Waals surface area contributed by atoms with Crippen LogP contribution in [0.3, 0.4) is 0 Å². The molecule has 0 bridgehead atoms. The number of nitriles is 1. The van der Waals surface area contributed by atoms with Crippen LogP contribution in [0.1, 0.15) is 12.8 Å². The predicted octanol–water partition coefficient (Wildman–Crippen LogP) is 0.964. The maximum absolute atomic E-state index is 10.4. The van der Waals surface area contributed by atoms with Crippen LogP contribution >= 0.6 is 0 Å². The monoisotopic (exact) mass is 213 g/mol. The standard InChI is InChI=1S/C10H15NO4/c1-14-6-7-15-5-3-2-4-9(8-11)10(12)13/h4H,2-3,5-7H2,1H3,(H,12,13). The second-order valence-electron chi connectivity index (χ2n) is 2.78. The summed E-state index contributed by atoms with van der Waals surface area (Å²) in [6, 6.07) is 1.61. The molecule has 5 heteroatoms. The van der Waals surface area contributed by atoms with Gasteiger partial charge in [0.1, 0.15) is 11.6 Å². The molecule has 0 heterocycles. The van der Waals surface area contributed by atoms with E-state index in [1.165, 1.54) is 6.08 Å². The highest BCUT2D eigenvalue weighted by molar-refractivity contribution is 5.90. The van der Waals surface area contributed by atoms with Crippen molar-refractivity contribution >= 4 is 5.97 Å². The fraction of sp³-hybridized carbons (Fsp3) is 0.600. The van der Waals surface area contributed by atoms with Crippen LogP contribution in [0.5, 0.6) is 0 Å². The SMILES string of the molecule is COCCOCCCC=C(C#N)C(=O)O. The lowest BCUT2D eigenvalue weighted by Crippen LogP contribution is -2.03. The highest BCUT2D eigenvalue weighted by Crippen LogP contribution is 1.99. The lowest BCUT2D eigenvalue weighted by atomic mass is 10.2. The third-order valence-corrected chi connectivity index (χ3v) is 1.62. The number of allylic oxidation sites excluding steroid dienone is 1. The van der Waals surface area contributed by atoms with Crippen LogP contribution in [0.4, 0.5) is 0 Å². The van der Waals surface area contributed by atoms with Gasteiger partial charge in [-0.3, -0.25) is 0 Å². The summed E-state index contributed by atoms with van der Waals surface area (Å²) in [6.45, 7) is 1.62. The number of carboxylic acids is 1. The normalized spacial score (nSPS) is 11.1. The van der Waals surface area contributed by atoms with Crippen molar-refractivity contribution in [2.75, 3.05) is 26.9 Å². The molecule has 0 aliphatic carbocycles. The van der Waals surface area contributed by atoms with Gasteiger partial charge in [0.15, 0.2) is 0 Å². The number of aliphatic carboxylic acids is 1. The third-order valence-electron chi connectivity index (χ3n) is 1.62. The average molecular weight is 213 g/mol. The van der Waals surface area contributed by atoms with Gasteiger partial charge in [-0.15, -0.1) is 0 Å². The number of unbranched alkanes of at least 4 members (excludes halogenated alkanes) is 1. The first-order valence-electron chi connectivity index (χ1n) is 4.62. The molecule has 0 aliphatic rings. The molecular formula is C10H15NO4. The summed E-state index contributed by atoms with van der Waals surface area (Å²) >= 11 is 0. The zero-order valence-electron chi connectivity index (χ0n) is 8.73. The van der Waals surface area contributed by atoms with E-state index in [4.69, 9.17) is 19.8 Å². The smallest absolute Gasteiger partial charge is 0.346 e. The average Bonchev–Trinajstić information content (AvgIpc) is 2.21. The minimum atomic E-state index is -1.18. The number of ether oxygens (including phenoxy) is 2. The second kappa shape index (κ2) is 9.19. The van der Waals surface area contributed by atoms with Crippen molar-refractivity contribution in [2.45, 2.75) is 12.8 Å². The minimum absolute atomic E-state index is 0.216. The fourth-order valence-electron chi connectivity index (χ4n) is 0.857. The molecule has 0 saturated heterocycles. The molecule has 0 fully saturated rings. The van der Waals surface area contributed by atoms with E-state index in [0.717, 1.165) is 0 Å². The van der Waals surface area contributed by atoms with Crippen LogP contribution in [-0.2, 0) is 14.3 Å². The lowest BCUT2D eigenvalue weighted by Gasteiger charge is -2.01. The molecule has 84 valence electrons. The van der Waals surface area contributed by atoms with Gasteiger partial charge in [-0.2, -0.15) is 5.26 Å². The molecule has 0 saturated carbocycles. The minimum Gasteiger partial charge on any atom is -0.477 e. The fourth-order valence-corrected chi connectivity index (χ4v) is 0.857. The maximum Gasteiger partial charge on any atom is 0.346 e. The van der Waals surface area contributed by atoms with E-state index in [1.807, 2.05) is 0 Å². The summed E-state index contributed by atoms with van der Waals surface area (Å²) in [4.78, 5) is 10.4. The maximum atomic E-state index is 10.4. The Kier molecular flexibility index (Phi) is 8.34. The summed E-state index contributed by atoms with van der Waals surface area (Å²) in [6.07, 6.45) is 2.63. The molecule has 0 spiro atoms. The van der Waals surface area contributed by atoms with Crippen LogP contribution < -0.4 is 0 Å². The summed E-state index contributed by atoms with van der Waals surface area (Å²) in [5, 5.41) is 16.9. The zero-order chi connectivity index (χ0) is 11.5. The van der Waals surface area contributed by atoms with Crippen molar-refractivity contribution < 1.29 is 19.4 Å². The Labute approximate surface area is 88.9 Å².